The average molecular weight is 574 g/mol. The van der Waals surface area contributed by atoms with Gasteiger partial charge in [0, 0.05) is 36.7 Å². The van der Waals surface area contributed by atoms with Crippen LogP contribution in [0.15, 0.2) is 105 Å². The van der Waals surface area contributed by atoms with Crippen molar-refractivity contribution in [3.8, 4) is 0 Å². The SMILES string of the molecule is COC1=CC2=C(Nc3ccc(S(=O)(=O)c4ccccc4)cc3)N=CNC2=CN1OCCN(C)CCS(C)(=O)=O. The smallest absolute Gasteiger partial charge is 0.218 e. The second-order valence-electron chi connectivity index (χ2n) is 8.95. The monoisotopic (exact) mass is 573 g/mol. The quantitative estimate of drug-likeness (QED) is 0.390. The van der Waals surface area contributed by atoms with Crippen molar-refractivity contribution in [2.75, 3.05) is 51.2 Å². The fourth-order valence-electron chi connectivity index (χ4n) is 3.73. The number of nitrogens with one attached hydrogen (secondary N) is 2. The molecule has 0 atom stereocenters. The Morgan fingerprint density at radius 2 is 1.69 bits per heavy atom. The van der Waals surface area contributed by atoms with Gasteiger partial charge >= 0.3 is 0 Å². The van der Waals surface area contributed by atoms with Crippen LogP contribution in [0.3, 0.4) is 0 Å². The second-order valence-corrected chi connectivity index (χ2v) is 13.2. The van der Waals surface area contributed by atoms with Gasteiger partial charge in [-0.25, -0.2) is 21.8 Å². The summed E-state index contributed by atoms with van der Waals surface area (Å²) in [4.78, 5) is 12.6. The highest BCUT2D eigenvalue weighted by Crippen LogP contribution is 2.29. The third kappa shape index (κ3) is 7.26. The van der Waals surface area contributed by atoms with E-state index in [2.05, 4.69) is 15.6 Å². The van der Waals surface area contributed by atoms with E-state index in [-0.39, 0.29) is 15.5 Å². The van der Waals surface area contributed by atoms with E-state index in [1.165, 1.54) is 24.8 Å². The van der Waals surface area contributed by atoms with Crippen LogP contribution in [0.2, 0.25) is 0 Å². The molecule has 13 heteroatoms. The number of benzene rings is 2. The summed E-state index contributed by atoms with van der Waals surface area (Å²) in [5.41, 5.74) is 2.09. The molecular formula is C26H31N5O6S2. The topological polar surface area (TPSA) is 130 Å². The van der Waals surface area contributed by atoms with E-state index in [0.717, 1.165) is 5.57 Å². The van der Waals surface area contributed by atoms with Crippen molar-refractivity contribution in [1.82, 2.24) is 15.3 Å². The second kappa shape index (κ2) is 12.0. The van der Waals surface area contributed by atoms with E-state index in [1.807, 2.05) is 11.9 Å². The number of likely N-dealkylation sites (N-methyl/N-ethyl adjacent to an activating group) is 1. The fraction of sp³-hybridized carbons (Fsp3) is 0.269. The van der Waals surface area contributed by atoms with Crippen LogP contribution in [-0.2, 0) is 29.2 Å². The van der Waals surface area contributed by atoms with Gasteiger partial charge in [0.15, 0.2) is 0 Å². The molecule has 11 nitrogen and oxygen atoms in total. The Labute approximate surface area is 228 Å². The van der Waals surface area contributed by atoms with Gasteiger partial charge in [-0.3, -0.25) is 4.84 Å². The van der Waals surface area contributed by atoms with Crippen molar-refractivity contribution < 1.29 is 26.4 Å². The van der Waals surface area contributed by atoms with Gasteiger partial charge in [-0.15, -0.1) is 0 Å². The number of methoxy groups -OCH3 is 1. The number of ether oxygens (including phenoxy) is 1. The van der Waals surface area contributed by atoms with Crippen molar-refractivity contribution in [2.45, 2.75) is 9.79 Å². The summed E-state index contributed by atoms with van der Waals surface area (Å²) in [5, 5.41) is 7.82. The molecule has 0 spiro atoms. The van der Waals surface area contributed by atoms with Crippen molar-refractivity contribution in [3.05, 3.63) is 89.8 Å². The van der Waals surface area contributed by atoms with Gasteiger partial charge in [0.25, 0.3) is 0 Å². The normalized spacial score (nSPS) is 15.4. The van der Waals surface area contributed by atoms with Gasteiger partial charge < -0.3 is 20.3 Å². The highest BCUT2D eigenvalue weighted by molar-refractivity contribution is 7.91. The van der Waals surface area contributed by atoms with Gasteiger partial charge in [0.2, 0.25) is 15.7 Å². The Kier molecular flexibility index (Phi) is 8.75. The Hall–Kier alpha value is -3.65. The molecule has 0 unspecified atom stereocenters. The lowest BCUT2D eigenvalue weighted by molar-refractivity contribution is -0.130. The molecule has 2 aromatic carbocycles. The van der Waals surface area contributed by atoms with E-state index in [4.69, 9.17) is 9.57 Å². The number of aliphatic imine (C=N–C) groups is 1. The summed E-state index contributed by atoms with van der Waals surface area (Å²) < 4.78 is 54.0. The zero-order valence-corrected chi connectivity index (χ0v) is 23.5. The predicted molar refractivity (Wildman–Crippen MR) is 149 cm³/mol. The van der Waals surface area contributed by atoms with Crippen LogP contribution in [0.25, 0.3) is 0 Å². The number of hydrogen-bond donors (Lipinski definition) is 2. The Morgan fingerprint density at radius 1 is 1.00 bits per heavy atom. The van der Waals surface area contributed by atoms with Gasteiger partial charge in [0.05, 0.1) is 47.5 Å². The maximum absolute atomic E-state index is 12.9. The number of allylic oxidation sites excluding steroid dienone is 1. The largest absolute Gasteiger partial charge is 0.481 e. The summed E-state index contributed by atoms with van der Waals surface area (Å²) >= 11 is 0. The number of anilines is 1. The van der Waals surface area contributed by atoms with Crippen LogP contribution in [0.4, 0.5) is 5.69 Å². The first-order chi connectivity index (χ1) is 18.6. The standard InChI is InChI=1S/C26H31N5O6S2/c1-30(14-16-38(3,32)33)13-15-37-31-18-24-23(17-25(31)36-2)26(28-19-27-24)29-20-9-11-22(12-10-20)39(34,35)21-7-5-4-6-8-21/h4-12,17-19,29H,13-16H2,1-3H3,(H,27,28). The van der Waals surface area contributed by atoms with Gasteiger partial charge in [-0.2, -0.15) is 5.06 Å². The van der Waals surface area contributed by atoms with Crippen molar-refractivity contribution >= 4 is 31.7 Å². The molecule has 4 rings (SSSR count). The lowest BCUT2D eigenvalue weighted by Crippen LogP contribution is -2.33. The molecule has 2 aromatic rings. The molecule has 2 aliphatic heterocycles. The third-order valence-corrected chi connectivity index (χ3v) is 8.64. The van der Waals surface area contributed by atoms with E-state index >= 15 is 0 Å². The molecule has 0 bridgehead atoms. The van der Waals surface area contributed by atoms with Crippen molar-refractivity contribution in [3.63, 3.8) is 0 Å². The molecule has 2 aliphatic rings. The molecular weight excluding hydrogens is 542 g/mol. The van der Waals surface area contributed by atoms with Gasteiger partial charge in [0.1, 0.15) is 15.7 Å². The maximum Gasteiger partial charge on any atom is 0.218 e. The number of nitrogens with zero attached hydrogens (tertiary/aromatic N) is 3. The summed E-state index contributed by atoms with van der Waals surface area (Å²) in [6.45, 7) is 1.24. The third-order valence-electron chi connectivity index (χ3n) is 5.93. The first-order valence-corrected chi connectivity index (χ1v) is 15.6. The predicted octanol–water partition coefficient (Wildman–Crippen LogP) is 2.33. The minimum atomic E-state index is -3.61. The molecule has 2 N–H and O–H groups in total. The zero-order chi connectivity index (χ0) is 28.0. The summed E-state index contributed by atoms with van der Waals surface area (Å²) in [6, 6.07) is 14.8. The molecule has 39 heavy (non-hydrogen) atoms. The first kappa shape index (κ1) is 28.4. The zero-order valence-electron chi connectivity index (χ0n) is 21.9. The molecule has 0 saturated heterocycles. The lowest BCUT2D eigenvalue weighted by atomic mass is 10.1. The number of hydroxylamine groups is 2. The minimum absolute atomic E-state index is 0.0826. The number of hydrogen-bond acceptors (Lipinski definition) is 11. The molecule has 0 aliphatic carbocycles. The van der Waals surface area contributed by atoms with Crippen LogP contribution < -0.4 is 10.6 Å². The number of sulfone groups is 2. The number of fused-ring (bicyclic) bond motifs is 1. The van der Waals surface area contributed by atoms with E-state index in [1.54, 1.807) is 66.9 Å². The van der Waals surface area contributed by atoms with E-state index in [9.17, 15) is 16.8 Å². The van der Waals surface area contributed by atoms with Gasteiger partial charge in [-0.05, 0) is 43.4 Å². The summed E-state index contributed by atoms with van der Waals surface area (Å²) in [5.74, 6) is 1.04. The summed E-state index contributed by atoms with van der Waals surface area (Å²) in [6.07, 6.45) is 6.25. The highest BCUT2D eigenvalue weighted by Gasteiger charge is 2.24. The molecule has 0 amide bonds. The molecule has 0 fully saturated rings. The molecule has 0 aromatic heterocycles. The fourth-order valence-corrected chi connectivity index (χ4v) is 5.66. The Morgan fingerprint density at radius 3 is 2.36 bits per heavy atom. The molecule has 0 saturated carbocycles. The van der Waals surface area contributed by atoms with Crippen LogP contribution in [0.1, 0.15) is 0 Å². The maximum atomic E-state index is 12.9. The van der Waals surface area contributed by atoms with Crippen molar-refractivity contribution in [2.24, 2.45) is 4.99 Å². The lowest BCUT2D eigenvalue weighted by Gasteiger charge is -2.29. The van der Waals surface area contributed by atoms with E-state index < -0.39 is 19.7 Å². The van der Waals surface area contributed by atoms with Gasteiger partial charge in [-0.1, -0.05) is 18.2 Å². The summed E-state index contributed by atoms with van der Waals surface area (Å²) in [7, 11) is -3.28. The number of rotatable bonds is 12. The van der Waals surface area contributed by atoms with Crippen molar-refractivity contribution in [1.29, 1.82) is 0 Å². The minimum Gasteiger partial charge on any atom is -0.481 e. The Bertz CT molecular complexity index is 1520. The molecule has 208 valence electrons. The van der Waals surface area contributed by atoms with Crippen LogP contribution in [0.5, 0.6) is 0 Å². The van der Waals surface area contributed by atoms with E-state index in [0.29, 0.717) is 42.8 Å². The Balaban J connectivity index is 1.44. The van der Waals surface area contributed by atoms with Crippen LogP contribution in [-0.4, -0.2) is 79.0 Å². The molecule has 2 heterocycles. The average Bonchev–Trinajstić information content (AvgIpc) is 2.92. The van der Waals surface area contributed by atoms with Crippen LogP contribution >= 0.6 is 0 Å². The molecule has 0 radical (unpaired) electrons. The van der Waals surface area contributed by atoms with Crippen LogP contribution in [0, 0.1) is 0 Å². The first-order valence-electron chi connectivity index (χ1n) is 12.0. The highest BCUT2D eigenvalue weighted by atomic mass is 32.2.